The highest BCUT2D eigenvalue weighted by atomic mass is 32.1. The zero-order valence-corrected chi connectivity index (χ0v) is 12.5. The first kappa shape index (κ1) is 15.9. The molecule has 0 fully saturated rings. The standard InChI is InChI=1S/C15H16N2O2S/c1-9-4-10(2)14(8-19-11(3)18)6-12(9)5-13(7-16)15(17)20/h4-6H,8H2,1-3H3,(H2,17,20). The summed E-state index contributed by atoms with van der Waals surface area (Å²) in [5.74, 6) is -0.331. The van der Waals surface area contributed by atoms with Crippen molar-refractivity contribution in [3.63, 3.8) is 0 Å². The lowest BCUT2D eigenvalue weighted by Gasteiger charge is -2.10. The zero-order chi connectivity index (χ0) is 15.3. The maximum atomic E-state index is 10.9. The van der Waals surface area contributed by atoms with Gasteiger partial charge < -0.3 is 10.5 Å². The summed E-state index contributed by atoms with van der Waals surface area (Å²) in [6.45, 7) is 5.45. The first-order chi connectivity index (χ1) is 9.35. The molecule has 0 unspecified atom stereocenters. The van der Waals surface area contributed by atoms with Gasteiger partial charge in [-0.15, -0.1) is 0 Å². The Balaban J connectivity index is 3.21. The lowest BCUT2D eigenvalue weighted by Crippen LogP contribution is -2.10. The number of nitriles is 1. The van der Waals surface area contributed by atoms with Crippen molar-refractivity contribution in [3.05, 3.63) is 40.0 Å². The minimum absolute atomic E-state index is 0.0639. The molecule has 0 aliphatic rings. The van der Waals surface area contributed by atoms with Crippen LogP contribution in [0.4, 0.5) is 0 Å². The predicted octanol–water partition coefficient (Wildman–Crippen LogP) is 2.56. The highest BCUT2D eigenvalue weighted by Gasteiger charge is 2.07. The molecule has 1 rings (SSSR count). The van der Waals surface area contributed by atoms with Crippen LogP contribution in [0.5, 0.6) is 0 Å². The monoisotopic (exact) mass is 288 g/mol. The fourth-order valence-electron chi connectivity index (χ4n) is 1.72. The van der Waals surface area contributed by atoms with Crippen LogP contribution >= 0.6 is 12.2 Å². The van der Waals surface area contributed by atoms with Gasteiger partial charge in [-0.3, -0.25) is 4.79 Å². The van der Waals surface area contributed by atoms with Crippen LogP contribution in [0.15, 0.2) is 17.7 Å². The smallest absolute Gasteiger partial charge is 0.302 e. The molecule has 0 spiro atoms. The Morgan fingerprint density at radius 1 is 1.45 bits per heavy atom. The van der Waals surface area contributed by atoms with Crippen LogP contribution < -0.4 is 5.73 Å². The van der Waals surface area contributed by atoms with Crippen molar-refractivity contribution in [3.8, 4) is 6.07 Å². The first-order valence-electron chi connectivity index (χ1n) is 6.00. The van der Waals surface area contributed by atoms with E-state index in [9.17, 15) is 4.79 Å². The number of benzene rings is 1. The van der Waals surface area contributed by atoms with Gasteiger partial charge in [0.1, 0.15) is 17.7 Å². The van der Waals surface area contributed by atoms with Crippen molar-refractivity contribution in [1.82, 2.24) is 0 Å². The second-order valence-electron chi connectivity index (χ2n) is 4.45. The third-order valence-electron chi connectivity index (χ3n) is 2.84. The van der Waals surface area contributed by atoms with Crippen molar-refractivity contribution >= 4 is 29.3 Å². The van der Waals surface area contributed by atoms with Crippen LogP contribution in [0.3, 0.4) is 0 Å². The molecule has 104 valence electrons. The molecule has 0 amide bonds. The van der Waals surface area contributed by atoms with Gasteiger partial charge in [0.2, 0.25) is 0 Å². The molecule has 0 saturated carbocycles. The first-order valence-corrected chi connectivity index (χ1v) is 6.41. The molecular formula is C15H16N2O2S. The van der Waals surface area contributed by atoms with Crippen molar-refractivity contribution in [1.29, 1.82) is 5.26 Å². The van der Waals surface area contributed by atoms with Gasteiger partial charge in [0, 0.05) is 6.92 Å². The largest absolute Gasteiger partial charge is 0.461 e. The molecule has 0 heterocycles. The molecule has 0 radical (unpaired) electrons. The lowest BCUT2D eigenvalue weighted by molar-refractivity contribution is -0.142. The van der Waals surface area contributed by atoms with Crippen molar-refractivity contribution in [2.45, 2.75) is 27.4 Å². The average Bonchev–Trinajstić information content (AvgIpc) is 2.35. The third kappa shape index (κ3) is 4.18. The van der Waals surface area contributed by atoms with Crippen molar-refractivity contribution in [2.75, 3.05) is 0 Å². The van der Waals surface area contributed by atoms with E-state index in [2.05, 4.69) is 0 Å². The number of ether oxygens (including phenoxy) is 1. The van der Waals surface area contributed by atoms with E-state index in [0.29, 0.717) is 0 Å². The van der Waals surface area contributed by atoms with Crippen LogP contribution in [0.2, 0.25) is 0 Å². The molecule has 4 nitrogen and oxygen atoms in total. The van der Waals surface area contributed by atoms with Crippen LogP contribution in [-0.4, -0.2) is 11.0 Å². The highest BCUT2D eigenvalue weighted by molar-refractivity contribution is 7.80. The van der Waals surface area contributed by atoms with Gasteiger partial charge in [-0.05, 0) is 48.2 Å². The van der Waals surface area contributed by atoms with Gasteiger partial charge in [-0.2, -0.15) is 5.26 Å². The van der Waals surface area contributed by atoms with E-state index >= 15 is 0 Å². The maximum absolute atomic E-state index is 10.9. The van der Waals surface area contributed by atoms with Crippen molar-refractivity contribution in [2.24, 2.45) is 5.73 Å². The van der Waals surface area contributed by atoms with Crippen LogP contribution in [-0.2, 0) is 16.1 Å². The Labute approximate surface area is 123 Å². The Morgan fingerprint density at radius 2 is 2.10 bits per heavy atom. The molecule has 1 aromatic carbocycles. The molecule has 0 aromatic heterocycles. The van der Waals surface area contributed by atoms with E-state index < -0.39 is 0 Å². The number of aryl methyl sites for hydroxylation is 2. The summed E-state index contributed by atoms with van der Waals surface area (Å²) in [6, 6.07) is 5.82. The Bertz CT molecular complexity index is 627. The fraction of sp³-hybridized carbons (Fsp3) is 0.267. The molecule has 0 atom stereocenters. The van der Waals surface area contributed by atoms with E-state index in [1.165, 1.54) is 6.92 Å². The number of nitrogens with zero attached hydrogens (tertiary/aromatic N) is 1. The number of carbonyl (C=O) groups is 1. The predicted molar refractivity (Wildman–Crippen MR) is 81.8 cm³/mol. The van der Waals surface area contributed by atoms with Gasteiger partial charge in [-0.25, -0.2) is 0 Å². The Hall–Kier alpha value is -2.19. The summed E-state index contributed by atoms with van der Waals surface area (Å²) in [7, 11) is 0. The molecule has 0 aliphatic carbocycles. The maximum Gasteiger partial charge on any atom is 0.302 e. The van der Waals surface area contributed by atoms with Gasteiger partial charge in [0.05, 0.1) is 5.57 Å². The molecule has 5 heteroatoms. The topological polar surface area (TPSA) is 76.1 Å². The Kier molecular flexibility index (Phi) is 5.42. The molecule has 2 N–H and O–H groups in total. The lowest BCUT2D eigenvalue weighted by atomic mass is 9.98. The number of thiocarbonyl (C=S) groups is 1. The minimum Gasteiger partial charge on any atom is -0.461 e. The molecule has 0 aliphatic heterocycles. The van der Waals surface area contributed by atoms with Gasteiger partial charge in [0.15, 0.2) is 0 Å². The number of hydrogen-bond donors (Lipinski definition) is 1. The zero-order valence-electron chi connectivity index (χ0n) is 11.7. The summed E-state index contributed by atoms with van der Waals surface area (Å²) in [5.41, 5.74) is 9.48. The number of rotatable bonds is 4. The normalized spacial score (nSPS) is 10.8. The summed E-state index contributed by atoms with van der Waals surface area (Å²) in [4.78, 5) is 10.9. The summed E-state index contributed by atoms with van der Waals surface area (Å²) in [6.07, 6.45) is 1.65. The number of carbonyl (C=O) groups excluding carboxylic acids is 1. The van der Waals surface area contributed by atoms with E-state index in [-0.39, 0.29) is 23.1 Å². The molecule has 20 heavy (non-hydrogen) atoms. The summed E-state index contributed by atoms with van der Waals surface area (Å²) >= 11 is 4.82. The molecule has 0 bridgehead atoms. The van der Waals surface area contributed by atoms with E-state index in [0.717, 1.165) is 22.3 Å². The third-order valence-corrected chi connectivity index (χ3v) is 3.06. The summed E-state index contributed by atoms with van der Waals surface area (Å²) in [5, 5.41) is 8.99. The fourth-order valence-corrected chi connectivity index (χ4v) is 1.83. The van der Waals surface area contributed by atoms with Crippen LogP contribution in [0.1, 0.15) is 29.2 Å². The van der Waals surface area contributed by atoms with E-state index in [1.54, 1.807) is 6.08 Å². The highest BCUT2D eigenvalue weighted by Crippen LogP contribution is 2.19. The Morgan fingerprint density at radius 3 is 2.60 bits per heavy atom. The molecule has 0 saturated heterocycles. The van der Waals surface area contributed by atoms with E-state index in [1.807, 2.05) is 32.0 Å². The van der Waals surface area contributed by atoms with Crippen LogP contribution in [0, 0.1) is 25.2 Å². The quantitative estimate of drug-likeness (QED) is 0.399. The van der Waals surface area contributed by atoms with E-state index in [4.69, 9.17) is 28.0 Å². The van der Waals surface area contributed by atoms with Gasteiger partial charge >= 0.3 is 5.97 Å². The van der Waals surface area contributed by atoms with Crippen molar-refractivity contribution < 1.29 is 9.53 Å². The second kappa shape index (κ2) is 6.83. The van der Waals surface area contributed by atoms with Gasteiger partial charge in [-0.1, -0.05) is 18.3 Å². The molecular weight excluding hydrogens is 272 g/mol. The number of hydrogen-bond acceptors (Lipinski definition) is 4. The molecule has 1 aromatic rings. The minimum atomic E-state index is -0.331. The van der Waals surface area contributed by atoms with Crippen LogP contribution in [0.25, 0.3) is 6.08 Å². The van der Waals surface area contributed by atoms with Gasteiger partial charge in [0.25, 0.3) is 0 Å². The summed E-state index contributed by atoms with van der Waals surface area (Å²) < 4.78 is 5.01. The SMILES string of the molecule is CC(=O)OCc1cc(C=C(C#N)C(N)=S)c(C)cc1C. The average molecular weight is 288 g/mol. The number of nitrogens with two attached hydrogens (primary N) is 1. The number of esters is 1. The second-order valence-corrected chi connectivity index (χ2v) is 4.89.